The number of nitrogens with two attached hydrogens (primary N) is 1. The van der Waals surface area contributed by atoms with Crippen LogP contribution in [0.15, 0.2) is 65.3 Å². The summed E-state index contributed by atoms with van der Waals surface area (Å²) in [6.07, 6.45) is 4.21. The number of nitrogens with one attached hydrogen (secondary N) is 2. The molecule has 3 heterocycles. The van der Waals surface area contributed by atoms with Crippen LogP contribution in [0.1, 0.15) is 38.4 Å². The molecule has 0 unspecified atom stereocenters. The van der Waals surface area contributed by atoms with Crippen molar-refractivity contribution in [2.45, 2.75) is 38.1 Å². The first-order valence-corrected chi connectivity index (χ1v) is 12.8. The highest BCUT2D eigenvalue weighted by Gasteiger charge is 2.39. The second kappa shape index (κ2) is 8.69. The Labute approximate surface area is 212 Å². The van der Waals surface area contributed by atoms with Crippen LogP contribution in [0.5, 0.6) is 5.75 Å². The summed E-state index contributed by atoms with van der Waals surface area (Å²) in [6, 6.07) is 17.5. The average molecular weight is 502 g/mol. The fourth-order valence-electron chi connectivity index (χ4n) is 4.02. The predicted octanol–water partition coefficient (Wildman–Crippen LogP) is 6.45. The number of amides is 2. The summed E-state index contributed by atoms with van der Waals surface area (Å²) in [5, 5.41) is 9.40. The first-order chi connectivity index (χ1) is 17.3. The molecule has 2 aromatic carbocycles. The van der Waals surface area contributed by atoms with Crippen molar-refractivity contribution in [3.8, 4) is 16.9 Å². The van der Waals surface area contributed by atoms with E-state index in [9.17, 15) is 4.79 Å². The van der Waals surface area contributed by atoms with E-state index in [1.54, 1.807) is 17.4 Å². The molecule has 0 bridgehead atoms. The van der Waals surface area contributed by atoms with Gasteiger partial charge in [0.1, 0.15) is 22.9 Å². The van der Waals surface area contributed by atoms with Gasteiger partial charge >= 0.3 is 6.03 Å². The molecule has 5 aromatic rings. The maximum absolute atomic E-state index is 12.3. The molecule has 1 saturated carbocycles. The zero-order valence-electron chi connectivity index (χ0n) is 20.1. The molecule has 9 heteroatoms. The molecule has 1 fully saturated rings. The summed E-state index contributed by atoms with van der Waals surface area (Å²) in [7, 11) is 0. The molecule has 0 atom stereocenters. The standard InChI is InChI=1S/C27H27N5O3S/c1-16(2)22-13-24(31-35-22)30-26(33)29-19-5-3-17(4-6-19)18-11-25-32(14-18)21-8-7-20(12-23(21)36-25)34-15-27(28)9-10-27/h3-8,11-14,16H,9-10,15,28H2,1-2H3,(H2,29,30,31,33). The Kier molecular flexibility index (Phi) is 5.46. The number of hydrogen-bond acceptors (Lipinski definition) is 6. The molecule has 0 radical (unpaired) electrons. The number of aromatic nitrogens is 2. The van der Waals surface area contributed by atoms with Crippen molar-refractivity contribution in [1.82, 2.24) is 9.56 Å². The Morgan fingerprint density at radius 1 is 1.14 bits per heavy atom. The second-order valence-corrected chi connectivity index (χ2v) is 10.8. The first kappa shape index (κ1) is 22.6. The quantitative estimate of drug-likeness (QED) is 0.238. The third kappa shape index (κ3) is 4.55. The molecule has 184 valence electrons. The fraction of sp³-hybridized carbons (Fsp3) is 0.259. The van der Waals surface area contributed by atoms with E-state index in [1.807, 2.05) is 44.2 Å². The van der Waals surface area contributed by atoms with Gasteiger partial charge in [0.15, 0.2) is 5.82 Å². The van der Waals surface area contributed by atoms with E-state index < -0.39 is 0 Å². The lowest BCUT2D eigenvalue weighted by molar-refractivity contribution is 0.262. The molecular formula is C27H27N5O3S. The summed E-state index contributed by atoms with van der Waals surface area (Å²) < 4.78 is 14.5. The van der Waals surface area contributed by atoms with Gasteiger partial charge in [-0.3, -0.25) is 5.32 Å². The zero-order valence-corrected chi connectivity index (χ0v) is 20.9. The summed E-state index contributed by atoms with van der Waals surface area (Å²) in [5.41, 5.74) is 10.0. The number of anilines is 2. The molecule has 0 spiro atoms. The number of benzene rings is 2. The molecule has 4 N–H and O–H groups in total. The number of nitrogens with zero attached hydrogens (tertiary/aromatic N) is 2. The molecule has 6 rings (SSSR count). The van der Waals surface area contributed by atoms with Gasteiger partial charge < -0.3 is 24.7 Å². The van der Waals surface area contributed by atoms with E-state index in [0.717, 1.165) is 45.8 Å². The van der Waals surface area contributed by atoms with Crippen LogP contribution in [-0.4, -0.2) is 27.7 Å². The maximum atomic E-state index is 12.3. The van der Waals surface area contributed by atoms with Crippen LogP contribution < -0.4 is 21.1 Å². The van der Waals surface area contributed by atoms with Crippen LogP contribution in [0.4, 0.5) is 16.3 Å². The van der Waals surface area contributed by atoms with Gasteiger partial charge in [-0.05, 0) is 54.8 Å². The van der Waals surface area contributed by atoms with Crippen LogP contribution in [0, 0.1) is 0 Å². The highest BCUT2D eigenvalue weighted by Crippen LogP contribution is 2.36. The van der Waals surface area contributed by atoms with Gasteiger partial charge in [-0.25, -0.2) is 4.79 Å². The average Bonchev–Trinajstić information content (AvgIpc) is 3.19. The number of ether oxygens (including phenoxy) is 1. The van der Waals surface area contributed by atoms with E-state index in [-0.39, 0.29) is 17.5 Å². The number of carbonyl (C=O) groups is 1. The lowest BCUT2D eigenvalue weighted by Crippen LogP contribution is -2.29. The van der Waals surface area contributed by atoms with E-state index >= 15 is 0 Å². The molecule has 8 nitrogen and oxygen atoms in total. The van der Waals surface area contributed by atoms with Crippen LogP contribution in [0.2, 0.25) is 0 Å². The minimum atomic E-state index is -0.371. The molecule has 36 heavy (non-hydrogen) atoms. The maximum Gasteiger partial charge on any atom is 0.324 e. The third-order valence-corrected chi connectivity index (χ3v) is 7.49. The van der Waals surface area contributed by atoms with Crippen LogP contribution in [0.3, 0.4) is 0 Å². The van der Waals surface area contributed by atoms with E-state index in [4.69, 9.17) is 15.0 Å². The van der Waals surface area contributed by atoms with Crippen molar-refractivity contribution in [3.05, 3.63) is 66.6 Å². The number of urea groups is 1. The Balaban J connectivity index is 1.13. The summed E-state index contributed by atoms with van der Waals surface area (Å²) in [4.78, 5) is 13.5. The van der Waals surface area contributed by atoms with Crippen molar-refractivity contribution >= 4 is 43.9 Å². The molecular weight excluding hydrogens is 474 g/mol. The Hall–Kier alpha value is -3.82. The van der Waals surface area contributed by atoms with Crippen molar-refractivity contribution < 1.29 is 14.1 Å². The number of thiazole rings is 1. The van der Waals surface area contributed by atoms with Gasteiger partial charge in [0.05, 0.1) is 15.8 Å². The van der Waals surface area contributed by atoms with Crippen LogP contribution in [-0.2, 0) is 0 Å². The van der Waals surface area contributed by atoms with Crippen LogP contribution >= 0.6 is 11.3 Å². The van der Waals surface area contributed by atoms with Crippen molar-refractivity contribution in [3.63, 3.8) is 0 Å². The second-order valence-electron chi connectivity index (χ2n) is 9.75. The van der Waals surface area contributed by atoms with Gasteiger partial charge in [-0.15, -0.1) is 11.3 Å². The number of hydrogen-bond donors (Lipinski definition) is 3. The van der Waals surface area contributed by atoms with Crippen molar-refractivity contribution in [1.29, 1.82) is 0 Å². The lowest BCUT2D eigenvalue weighted by atomic mass is 10.1. The summed E-state index contributed by atoms with van der Waals surface area (Å²) >= 11 is 1.73. The largest absolute Gasteiger partial charge is 0.492 e. The molecule has 1 aliphatic rings. The van der Waals surface area contributed by atoms with Gasteiger partial charge in [-0.2, -0.15) is 0 Å². The number of fused-ring (bicyclic) bond motifs is 3. The van der Waals surface area contributed by atoms with E-state index in [2.05, 4.69) is 44.6 Å². The summed E-state index contributed by atoms with van der Waals surface area (Å²) in [6.45, 7) is 4.57. The smallest absolute Gasteiger partial charge is 0.324 e. The van der Waals surface area contributed by atoms with E-state index in [0.29, 0.717) is 18.1 Å². The van der Waals surface area contributed by atoms with Crippen molar-refractivity contribution in [2.75, 3.05) is 17.2 Å². The normalized spacial score (nSPS) is 14.4. The van der Waals surface area contributed by atoms with Gasteiger partial charge in [0.25, 0.3) is 0 Å². The van der Waals surface area contributed by atoms with Gasteiger partial charge in [-0.1, -0.05) is 31.1 Å². The molecule has 2 amide bonds. The molecule has 3 aromatic heterocycles. The molecule has 1 aliphatic carbocycles. The van der Waals surface area contributed by atoms with Crippen LogP contribution in [0.25, 0.3) is 26.2 Å². The third-order valence-electron chi connectivity index (χ3n) is 6.42. The van der Waals surface area contributed by atoms with Crippen molar-refractivity contribution in [2.24, 2.45) is 5.73 Å². The highest BCUT2D eigenvalue weighted by molar-refractivity contribution is 7.24. The van der Waals surface area contributed by atoms with Gasteiger partial charge in [0.2, 0.25) is 0 Å². The number of rotatable bonds is 7. The Morgan fingerprint density at radius 3 is 2.67 bits per heavy atom. The highest BCUT2D eigenvalue weighted by atomic mass is 32.1. The Morgan fingerprint density at radius 2 is 1.94 bits per heavy atom. The Bertz CT molecular complexity index is 1560. The SMILES string of the molecule is CC(C)c1cc(NC(=O)Nc2ccc(-c3cc4sc5cc(OCC6(N)CC6)ccc5n4c3)cc2)no1. The molecule has 0 aliphatic heterocycles. The van der Waals surface area contributed by atoms with E-state index in [1.165, 1.54) is 4.70 Å². The monoisotopic (exact) mass is 501 g/mol. The zero-order chi connectivity index (χ0) is 24.9. The molecule has 0 saturated heterocycles. The minimum absolute atomic E-state index is 0.129. The predicted molar refractivity (Wildman–Crippen MR) is 143 cm³/mol. The van der Waals surface area contributed by atoms with Gasteiger partial charge in [0, 0.05) is 29.4 Å². The first-order valence-electron chi connectivity index (χ1n) is 12.0. The number of carbonyl (C=O) groups excluding carboxylic acids is 1. The fourth-order valence-corrected chi connectivity index (χ4v) is 5.13. The minimum Gasteiger partial charge on any atom is -0.492 e. The lowest BCUT2D eigenvalue weighted by Gasteiger charge is -2.10. The summed E-state index contributed by atoms with van der Waals surface area (Å²) in [5.74, 6) is 2.18. The topological polar surface area (TPSA) is 107 Å².